The van der Waals surface area contributed by atoms with Gasteiger partial charge in [0, 0.05) is 29.7 Å². The van der Waals surface area contributed by atoms with E-state index in [1.54, 1.807) is 18.5 Å². The van der Waals surface area contributed by atoms with Crippen LogP contribution in [0.2, 0.25) is 0 Å². The van der Waals surface area contributed by atoms with E-state index in [1.165, 1.54) is 6.20 Å². The van der Waals surface area contributed by atoms with Gasteiger partial charge in [0.2, 0.25) is 0 Å². The molecule has 0 aliphatic carbocycles. The number of halogens is 2. The first-order valence-electron chi connectivity index (χ1n) is 8.59. The van der Waals surface area contributed by atoms with E-state index >= 15 is 0 Å². The standard InChI is InChI=1S/C22H17F2N3/c1-15-9-10-26-21(11-15)27(17-5-3-2-4-6-17)14-16-12-25-13-19-18(16)7-8-20(23)22(19)24/h2-13H,14H2,1H3. The molecule has 2 heterocycles. The number of aromatic nitrogens is 2. The molecule has 4 aromatic rings. The van der Waals surface area contributed by atoms with Crippen LogP contribution in [0.5, 0.6) is 0 Å². The SMILES string of the molecule is Cc1ccnc(N(Cc2cncc3c(F)c(F)ccc23)c2ccccc2)c1. The number of pyridine rings is 2. The summed E-state index contributed by atoms with van der Waals surface area (Å²) >= 11 is 0. The van der Waals surface area contributed by atoms with Crippen molar-refractivity contribution in [2.45, 2.75) is 13.5 Å². The lowest BCUT2D eigenvalue weighted by molar-refractivity contribution is 0.517. The van der Waals surface area contributed by atoms with Crippen LogP contribution in [0.3, 0.4) is 0 Å². The Kier molecular flexibility index (Phi) is 4.50. The fourth-order valence-corrected chi connectivity index (χ4v) is 3.12. The van der Waals surface area contributed by atoms with Crippen LogP contribution < -0.4 is 4.90 Å². The Morgan fingerprint density at radius 1 is 0.926 bits per heavy atom. The Morgan fingerprint density at radius 3 is 2.52 bits per heavy atom. The third-order valence-corrected chi connectivity index (χ3v) is 4.49. The van der Waals surface area contributed by atoms with Crippen molar-refractivity contribution in [2.24, 2.45) is 0 Å². The van der Waals surface area contributed by atoms with E-state index in [-0.39, 0.29) is 5.39 Å². The third-order valence-electron chi connectivity index (χ3n) is 4.49. The van der Waals surface area contributed by atoms with Gasteiger partial charge >= 0.3 is 0 Å². The Labute approximate surface area is 155 Å². The second-order valence-electron chi connectivity index (χ2n) is 6.37. The van der Waals surface area contributed by atoms with E-state index in [2.05, 4.69) is 9.97 Å². The van der Waals surface area contributed by atoms with Gasteiger partial charge in [0.15, 0.2) is 11.6 Å². The summed E-state index contributed by atoms with van der Waals surface area (Å²) < 4.78 is 27.8. The molecule has 0 saturated heterocycles. The first kappa shape index (κ1) is 17.1. The normalized spacial score (nSPS) is 10.9. The Hall–Kier alpha value is -3.34. The fraction of sp³-hybridized carbons (Fsp3) is 0.0909. The van der Waals surface area contributed by atoms with Crippen molar-refractivity contribution >= 4 is 22.3 Å². The van der Waals surface area contributed by atoms with Crippen LogP contribution in [-0.4, -0.2) is 9.97 Å². The van der Waals surface area contributed by atoms with Crippen LogP contribution in [0.25, 0.3) is 10.8 Å². The van der Waals surface area contributed by atoms with Crippen LogP contribution in [0.1, 0.15) is 11.1 Å². The summed E-state index contributed by atoms with van der Waals surface area (Å²) in [6.07, 6.45) is 4.80. The largest absolute Gasteiger partial charge is 0.322 e. The Morgan fingerprint density at radius 2 is 1.74 bits per heavy atom. The molecule has 0 aliphatic rings. The predicted molar refractivity (Wildman–Crippen MR) is 103 cm³/mol. The summed E-state index contributed by atoms with van der Waals surface area (Å²) in [5.74, 6) is -0.968. The highest BCUT2D eigenvalue weighted by molar-refractivity contribution is 5.86. The molecule has 5 heteroatoms. The first-order valence-corrected chi connectivity index (χ1v) is 8.59. The third kappa shape index (κ3) is 3.36. The van der Waals surface area contributed by atoms with Crippen molar-refractivity contribution < 1.29 is 8.78 Å². The molecule has 0 N–H and O–H groups in total. The van der Waals surface area contributed by atoms with Gasteiger partial charge in [0.25, 0.3) is 0 Å². The minimum atomic E-state index is -0.873. The average Bonchev–Trinajstić information content (AvgIpc) is 2.70. The molecule has 4 rings (SSSR count). The molecule has 27 heavy (non-hydrogen) atoms. The molecule has 0 bridgehead atoms. The maximum Gasteiger partial charge on any atom is 0.168 e. The molecule has 0 fully saturated rings. The molecule has 3 nitrogen and oxygen atoms in total. The molecule has 0 unspecified atom stereocenters. The summed E-state index contributed by atoms with van der Waals surface area (Å²) in [5.41, 5.74) is 2.83. The van der Waals surface area contributed by atoms with Gasteiger partial charge < -0.3 is 4.90 Å². The van der Waals surface area contributed by atoms with Gasteiger partial charge in [-0.2, -0.15) is 0 Å². The zero-order valence-corrected chi connectivity index (χ0v) is 14.7. The number of rotatable bonds is 4. The quantitative estimate of drug-likeness (QED) is 0.477. The molecule has 0 saturated carbocycles. The lowest BCUT2D eigenvalue weighted by atomic mass is 10.1. The van der Waals surface area contributed by atoms with E-state index in [4.69, 9.17) is 0 Å². The maximum atomic E-state index is 14.2. The minimum Gasteiger partial charge on any atom is -0.322 e. The van der Waals surface area contributed by atoms with Crippen LogP contribution >= 0.6 is 0 Å². The number of para-hydroxylation sites is 1. The van der Waals surface area contributed by atoms with Gasteiger partial charge in [-0.3, -0.25) is 4.98 Å². The number of benzene rings is 2. The molecule has 0 spiro atoms. The van der Waals surface area contributed by atoms with Crippen molar-refractivity contribution in [1.29, 1.82) is 0 Å². The van der Waals surface area contributed by atoms with Crippen molar-refractivity contribution in [3.05, 3.63) is 95.9 Å². The lowest BCUT2D eigenvalue weighted by Crippen LogP contribution is -2.18. The summed E-state index contributed by atoms with van der Waals surface area (Å²) in [5, 5.41) is 0.815. The van der Waals surface area contributed by atoms with Crippen LogP contribution in [0, 0.1) is 18.6 Å². The summed E-state index contributed by atoms with van der Waals surface area (Å²) in [7, 11) is 0. The topological polar surface area (TPSA) is 29.0 Å². The van der Waals surface area contributed by atoms with Crippen LogP contribution in [0.15, 0.2) is 73.2 Å². The maximum absolute atomic E-state index is 14.2. The zero-order valence-electron chi connectivity index (χ0n) is 14.7. The number of hydrogen-bond donors (Lipinski definition) is 0. The molecule has 0 atom stereocenters. The van der Waals surface area contributed by atoms with Gasteiger partial charge in [-0.15, -0.1) is 0 Å². The van der Waals surface area contributed by atoms with Gasteiger partial charge in [-0.05, 0) is 53.8 Å². The number of aryl methyl sites for hydroxylation is 1. The van der Waals surface area contributed by atoms with E-state index in [1.807, 2.05) is 54.3 Å². The minimum absolute atomic E-state index is 0.178. The van der Waals surface area contributed by atoms with Gasteiger partial charge in [0.05, 0.1) is 6.54 Å². The molecule has 0 amide bonds. The molecular formula is C22H17F2N3. The molecule has 0 aliphatic heterocycles. The van der Waals surface area contributed by atoms with E-state index in [9.17, 15) is 8.78 Å². The first-order chi connectivity index (χ1) is 13.1. The highest BCUT2D eigenvalue weighted by Crippen LogP contribution is 2.29. The van der Waals surface area contributed by atoms with Gasteiger partial charge in [-0.25, -0.2) is 13.8 Å². The van der Waals surface area contributed by atoms with Crippen LogP contribution in [0.4, 0.5) is 20.3 Å². The van der Waals surface area contributed by atoms with E-state index < -0.39 is 11.6 Å². The number of fused-ring (bicyclic) bond motifs is 1. The summed E-state index contributed by atoms with van der Waals surface area (Å²) in [6, 6.07) is 16.5. The van der Waals surface area contributed by atoms with E-state index in [0.717, 1.165) is 28.7 Å². The number of nitrogens with zero attached hydrogens (tertiary/aromatic N) is 3. The Bertz CT molecular complexity index is 1100. The molecule has 2 aromatic heterocycles. The summed E-state index contributed by atoms with van der Waals surface area (Å²) in [6.45, 7) is 2.43. The predicted octanol–water partition coefficient (Wildman–Crippen LogP) is 5.55. The van der Waals surface area contributed by atoms with Crippen LogP contribution in [-0.2, 0) is 6.54 Å². The van der Waals surface area contributed by atoms with Gasteiger partial charge in [0.1, 0.15) is 5.82 Å². The highest BCUT2D eigenvalue weighted by Gasteiger charge is 2.16. The Balaban J connectivity index is 1.83. The molecule has 134 valence electrons. The number of anilines is 2. The lowest BCUT2D eigenvalue weighted by Gasteiger charge is -2.25. The van der Waals surface area contributed by atoms with Gasteiger partial charge in [-0.1, -0.05) is 24.3 Å². The number of hydrogen-bond acceptors (Lipinski definition) is 3. The molecule has 0 radical (unpaired) electrons. The molecular weight excluding hydrogens is 344 g/mol. The van der Waals surface area contributed by atoms with Crippen molar-refractivity contribution in [1.82, 2.24) is 9.97 Å². The average molecular weight is 361 g/mol. The van der Waals surface area contributed by atoms with Crippen molar-refractivity contribution in [3.8, 4) is 0 Å². The van der Waals surface area contributed by atoms with Crippen molar-refractivity contribution in [3.63, 3.8) is 0 Å². The monoisotopic (exact) mass is 361 g/mol. The smallest absolute Gasteiger partial charge is 0.168 e. The summed E-state index contributed by atoms with van der Waals surface area (Å²) in [4.78, 5) is 10.6. The second-order valence-corrected chi connectivity index (χ2v) is 6.37. The zero-order chi connectivity index (χ0) is 18.8. The second kappa shape index (κ2) is 7.11. The van der Waals surface area contributed by atoms with Crippen molar-refractivity contribution in [2.75, 3.05) is 4.90 Å². The van der Waals surface area contributed by atoms with E-state index in [0.29, 0.717) is 11.9 Å². The fourth-order valence-electron chi connectivity index (χ4n) is 3.12. The molecule has 2 aromatic carbocycles. The highest BCUT2D eigenvalue weighted by atomic mass is 19.2.